The zero-order chi connectivity index (χ0) is 20.0. The molecule has 2 aromatic rings. The minimum atomic E-state index is -0.441. The Bertz CT molecular complexity index is 789. The van der Waals surface area contributed by atoms with Gasteiger partial charge in [0, 0.05) is 23.9 Å². The molecule has 1 heterocycles. The summed E-state index contributed by atoms with van der Waals surface area (Å²) in [6, 6.07) is 6.03. The van der Waals surface area contributed by atoms with E-state index in [-0.39, 0.29) is 11.8 Å². The monoisotopic (exact) mass is 389 g/mol. The molecule has 7 heteroatoms. The second-order valence-corrected chi connectivity index (χ2v) is 8.44. The van der Waals surface area contributed by atoms with E-state index < -0.39 is 5.41 Å². The molecule has 0 aliphatic heterocycles. The minimum absolute atomic E-state index is 0.0452. The third kappa shape index (κ3) is 6.67. The van der Waals surface area contributed by atoms with Crippen LogP contribution in [-0.4, -0.2) is 29.9 Å². The lowest BCUT2D eigenvalue weighted by molar-refractivity contribution is -0.128. The van der Waals surface area contributed by atoms with Crippen molar-refractivity contribution in [3.63, 3.8) is 0 Å². The highest BCUT2D eigenvalue weighted by Crippen LogP contribution is 2.19. The maximum atomic E-state index is 12.1. The van der Waals surface area contributed by atoms with Crippen LogP contribution in [0.3, 0.4) is 0 Å². The molecule has 146 valence electrons. The molecule has 0 saturated carbocycles. The predicted molar refractivity (Wildman–Crippen MR) is 107 cm³/mol. The van der Waals surface area contributed by atoms with E-state index in [1.54, 1.807) is 5.38 Å². The van der Waals surface area contributed by atoms with Crippen LogP contribution in [0.1, 0.15) is 47.4 Å². The second-order valence-electron chi connectivity index (χ2n) is 7.50. The van der Waals surface area contributed by atoms with Crippen LogP contribution in [0.25, 0.3) is 0 Å². The van der Waals surface area contributed by atoms with Gasteiger partial charge < -0.3 is 15.4 Å². The molecular weight excluding hydrogens is 362 g/mol. The van der Waals surface area contributed by atoms with Crippen molar-refractivity contribution in [1.29, 1.82) is 0 Å². The van der Waals surface area contributed by atoms with Crippen LogP contribution in [0.2, 0.25) is 0 Å². The SMILES string of the molecule is Cc1cc(C)cc(OCc2nc(C(=O)NCCNC(=O)C(C)(C)C)cs2)c1. The third-order valence-electron chi connectivity index (χ3n) is 3.72. The Labute approximate surface area is 164 Å². The standard InChI is InChI=1S/C20H27N3O3S/c1-13-8-14(2)10-15(9-13)26-11-17-23-16(12-27-17)18(24)21-6-7-22-19(25)20(3,4)5/h8-10,12H,6-7,11H2,1-5H3,(H,21,24)(H,22,25). The number of amides is 2. The molecule has 6 nitrogen and oxygen atoms in total. The van der Waals surface area contributed by atoms with Gasteiger partial charge in [0.1, 0.15) is 23.1 Å². The molecule has 1 aromatic carbocycles. The molecule has 0 spiro atoms. The molecule has 0 aliphatic rings. The number of carbonyl (C=O) groups is 2. The van der Waals surface area contributed by atoms with E-state index in [4.69, 9.17) is 4.74 Å². The maximum Gasteiger partial charge on any atom is 0.270 e. The van der Waals surface area contributed by atoms with E-state index in [0.29, 0.717) is 25.4 Å². The fourth-order valence-electron chi connectivity index (χ4n) is 2.35. The predicted octanol–water partition coefficient (Wildman–Crippen LogP) is 3.23. The van der Waals surface area contributed by atoms with Crippen molar-refractivity contribution in [3.05, 3.63) is 45.4 Å². The molecule has 1 aromatic heterocycles. The number of hydrogen-bond acceptors (Lipinski definition) is 5. The summed E-state index contributed by atoms with van der Waals surface area (Å²) in [7, 11) is 0. The molecule has 2 N–H and O–H groups in total. The Morgan fingerprint density at radius 2 is 1.70 bits per heavy atom. The van der Waals surface area contributed by atoms with Crippen LogP contribution < -0.4 is 15.4 Å². The normalized spacial score (nSPS) is 11.1. The van der Waals surface area contributed by atoms with Gasteiger partial charge in [-0.25, -0.2) is 4.98 Å². The molecule has 0 bridgehead atoms. The molecule has 0 unspecified atom stereocenters. The topological polar surface area (TPSA) is 80.3 Å². The second kappa shape index (κ2) is 8.99. The first-order chi connectivity index (χ1) is 12.6. The first-order valence-corrected chi connectivity index (χ1v) is 9.75. The van der Waals surface area contributed by atoms with Crippen molar-refractivity contribution < 1.29 is 14.3 Å². The highest BCUT2D eigenvalue weighted by Gasteiger charge is 2.20. The molecule has 0 atom stereocenters. The smallest absolute Gasteiger partial charge is 0.270 e. The summed E-state index contributed by atoms with van der Waals surface area (Å²) in [5.74, 6) is 0.494. The molecular formula is C20H27N3O3S. The first-order valence-electron chi connectivity index (χ1n) is 8.87. The van der Waals surface area contributed by atoms with Crippen molar-refractivity contribution in [1.82, 2.24) is 15.6 Å². The van der Waals surface area contributed by atoms with Crippen LogP contribution in [0.15, 0.2) is 23.6 Å². The number of rotatable bonds is 7. The number of benzene rings is 1. The molecule has 2 amide bonds. The van der Waals surface area contributed by atoms with Gasteiger partial charge in [-0.15, -0.1) is 11.3 Å². The van der Waals surface area contributed by atoms with Gasteiger partial charge in [0.2, 0.25) is 5.91 Å². The van der Waals surface area contributed by atoms with Gasteiger partial charge in [0.25, 0.3) is 5.91 Å². The average molecular weight is 390 g/mol. The fraction of sp³-hybridized carbons (Fsp3) is 0.450. The first kappa shape index (κ1) is 20.9. The highest BCUT2D eigenvalue weighted by atomic mass is 32.1. The van der Waals surface area contributed by atoms with Crippen molar-refractivity contribution in [2.75, 3.05) is 13.1 Å². The van der Waals surface area contributed by atoms with E-state index in [1.807, 2.05) is 46.8 Å². The number of ether oxygens (including phenoxy) is 1. The van der Waals surface area contributed by atoms with E-state index in [9.17, 15) is 9.59 Å². The van der Waals surface area contributed by atoms with Crippen LogP contribution in [0, 0.1) is 19.3 Å². The number of hydrogen-bond donors (Lipinski definition) is 2. The Hall–Kier alpha value is -2.41. The van der Waals surface area contributed by atoms with Crippen molar-refractivity contribution in [2.24, 2.45) is 5.41 Å². The summed E-state index contributed by atoms with van der Waals surface area (Å²) in [6.07, 6.45) is 0. The van der Waals surface area contributed by atoms with Gasteiger partial charge in [-0.2, -0.15) is 0 Å². The van der Waals surface area contributed by atoms with Crippen LogP contribution >= 0.6 is 11.3 Å². The largest absolute Gasteiger partial charge is 0.486 e. The molecule has 27 heavy (non-hydrogen) atoms. The quantitative estimate of drug-likeness (QED) is 0.713. The number of thiazole rings is 1. The number of aromatic nitrogens is 1. The van der Waals surface area contributed by atoms with Crippen molar-refractivity contribution >= 4 is 23.2 Å². The van der Waals surface area contributed by atoms with Gasteiger partial charge in [-0.1, -0.05) is 26.8 Å². The van der Waals surface area contributed by atoms with Gasteiger partial charge in [0.05, 0.1) is 0 Å². The number of aryl methyl sites for hydroxylation is 2. The summed E-state index contributed by atoms with van der Waals surface area (Å²) in [5, 5.41) is 8.00. The summed E-state index contributed by atoms with van der Waals surface area (Å²) in [5.41, 5.74) is 2.20. The Morgan fingerprint density at radius 3 is 2.33 bits per heavy atom. The van der Waals surface area contributed by atoms with Crippen LogP contribution in [-0.2, 0) is 11.4 Å². The Balaban J connectivity index is 1.79. The Morgan fingerprint density at radius 1 is 1.07 bits per heavy atom. The highest BCUT2D eigenvalue weighted by molar-refractivity contribution is 7.09. The van der Waals surface area contributed by atoms with Crippen LogP contribution in [0.4, 0.5) is 0 Å². The lowest BCUT2D eigenvalue weighted by atomic mass is 9.96. The zero-order valence-electron chi connectivity index (χ0n) is 16.5. The summed E-state index contributed by atoms with van der Waals surface area (Å²) in [4.78, 5) is 28.2. The maximum absolute atomic E-state index is 12.1. The number of nitrogens with one attached hydrogen (secondary N) is 2. The summed E-state index contributed by atoms with van der Waals surface area (Å²) >= 11 is 1.39. The van der Waals surface area contributed by atoms with Gasteiger partial charge in [-0.3, -0.25) is 9.59 Å². The summed E-state index contributed by atoms with van der Waals surface area (Å²) < 4.78 is 5.77. The minimum Gasteiger partial charge on any atom is -0.486 e. The van der Waals surface area contributed by atoms with E-state index >= 15 is 0 Å². The molecule has 0 aliphatic carbocycles. The fourth-order valence-corrected chi connectivity index (χ4v) is 3.04. The van der Waals surface area contributed by atoms with E-state index in [2.05, 4.69) is 21.7 Å². The van der Waals surface area contributed by atoms with Crippen molar-refractivity contribution in [3.8, 4) is 5.75 Å². The number of nitrogens with zero attached hydrogens (tertiary/aromatic N) is 1. The van der Waals surface area contributed by atoms with Gasteiger partial charge >= 0.3 is 0 Å². The van der Waals surface area contributed by atoms with Gasteiger partial charge in [-0.05, 0) is 37.1 Å². The van der Waals surface area contributed by atoms with Gasteiger partial charge in [0.15, 0.2) is 0 Å². The zero-order valence-corrected chi connectivity index (χ0v) is 17.3. The molecule has 2 rings (SSSR count). The van der Waals surface area contributed by atoms with Crippen LogP contribution in [0.5, 0.6) is 5.75 Å². The average Bonchev–Trinajstić information content (AvgIpc) is 3.04. The van der Waals surface area contributed by atoms with E-state index in [0.717, 1.165) is 21.9 Å². The lowest BCUT2D eigenvalue weighted by Gasteiger charge is -2.17. The Kier molecular flexibility index (Phi) is 6.96. The third-order valence-corrected chi connectivity index (χ3v) is 4.54. The summed E-state index contributed by atoms with van der Waals surface area (Å²) in [6.45, 7) is 10.6. The number of carbonyl (C=O) groups excluding carboxylic acids is 2. The lowest BCUT2D eigenvalue weighted by Crippen LogP contribution is -2.39. The van der Waals surface area contributed by atoms with E-state index in [1.165, 1.54) is 11.3 Å². The molecule has 0 saturated heterocycles. The van der Waals surface area contributed by atoms with Crippen molar-refractivity contribution in [2.45, 2.75) is 41.2 Å². The molecule has 0 radical (unpaired) electrons. The molecule has 0 fully saturated rings.